The van der Waals surface area contributed by atoms with Crippen molar-refractivity contribution in [3.63, 3.8) is 0 Å². The van der Waals surface area contributed by atoms with E-state index in [0.717, 1.165) is 28.2 Å². The Balaban J connectivity index is 1.13. The highest BCUT2D eigenvalue weighted by atomic mass is 15.1. The minimum absolute atomic E-state index is 1.08. The van der Waals surface area contributed by atoms with E-state index >= 15 is 0 Å². The molecule has 0 radical (unpaired) electrons. The molecule has 296 valence electrons. The fourth-order valence-electron chi connectivity index (χ4n) is 9.18. The second-order valence-corrected chi connectivity index (χ2v) is 16.1. The predicted molar refractivity (Wildman–Crippen MR) is 269 cm³/mol. The van der Waals surface area contributed by atoms with Gasteiger partial charge in [0.15, 0.2) is 0 Å². The highest BCUT2D eigenvalue weighted by Crippen LogP contribution is 2.47. The van der Waals surface area contributed by atoms with Crippen LogP contribution in [0.15, 0.2) is 261 Å². The number of rotatable bonds is 9. The number of hydrogen-bond acceptors (Lipinski definition) is 1. The Hall–Kier alpha value is -8.26. The van der Waals surface area contributed by atoms with Crippen LogP contribution in [0.4, 0.5) is 17.1 Å². The first-order chi connectivity index (χ1) is 31.2. The first-order valence-corrected chi connectivity index (χ1v) is 21.7. The van der Waals surface area contributed by atoms with Crippen LogP contribution in [0, 0.1) is 0 Å². The summed E-state index contributed by atoms with van der Waals surface area (Å²) in [4.78, 5) is 2.44. The van der Waals surface area contributed by atoms with Crippen LogP contribution in [0.5, 0.6) is 0 Å². The molecule has 11 rings (SSSR count). The smallest absolute Gasteiger partial charge is 0.0540 e. The van der Waals surface area contributed by atoms with E-state index in [4.69, 9.17) is 0 Å². The Morgan fingerprint density at radius 3 is 1.52 bits per heavy atom. The summed E-state index contributed by atoms with van der Waals surface area (Å²) < 4.78 is 0. The Morgan fingerprint density at radius 2 is 0.714 bits per heavy atom. The third-order valence-corrected chi connectivity index (χ3v) is 12.3. The lowest BCUT2D eigenvalue weighted by Crippen LogP contribution is -2.11. The summed E-state index contributed by atoms with van der Waals surface area (Å²) in [6.07, 6.45) is 0. The molecule has 0 aromatic heterocycles. The molecular weight excluding hydrogens is 759 g/mol. The molecule has 0 aliphatic carbocycles. The lowest BCUT2D eigenvalue weighted by molar-refractivity contribution is 1.28. The van der Waals surface area contributed by atoms with E-state index in [1.807, 2.05) is 0 Å². The summed E-state index contributed by atoms with van der Waals surface area (Å²) in [5.74, 6) is 0. The Bertz CT molecular complexity index is 3380. The van der Waals surface area contributed by atoms with Gasteiger partial charge in [0.2, 0.25) is 0 Å². The zero-order valence-electron chi connectivity index (χ0n) is 34.8. The van der Waals surface area contributed by atoms with Gasteiger partial charge in [-0.15, -0.1) is 0 Å². The molecule has 63 heavy (non-hydrogen) atoms. The van der Waals surface area contributed by atoms with Crippen molar-refractivity contribution in [2.45, 2.75) is 0 Å². The predicted octanol–water partition coefficient (Wildman–Crippen LogP) is 17.5. The molecule has 0 saturated heterocycles. The highest BCUT2D eigenvalue weighted by Gasteiger charge is 2.22. The van der Waals surface area contributed by atoms with Crippen molar-refractivity contribution in [2.75, 3.05) is 4.90 Å². The quantitative estimate of drug-likeness (QED) is 0.141. The second-order valence-electron chi connectivity index (χ2n) is 16.1. The molecule has 0 aliphatic rings. The standard InChI is InChI=1S/C62H43N/c1-3-17-44(18-4-1)52-37-40-59(58-29-12-11-28-57(58)46-20-5-2-6-21-46)61(43-52)60-30-13-14-32-62(60)63(53-38-35-48(36-39-53)56-31-16-24-47-22-9-10-27-55(47)56)54-26-15-25-50(42-54)51-34-33-45-19-7-8-23-49(45)41-51/h1-43H. The van der Waals surface area contributed by atoms with Crippen molar-refractivity contribution in [3.8, 4) is 66.8 Å². The topological polar surface area (TPSA) is 3.24 Å². The van der Waals surface area contributed by atoms with Gasteiger partial charge in [0, 0.05) is 16.9 Å². The summed E-state index contributed by atoms with van der Waals surface area (Å²) in [6.45, 7) is 0. The molecule has 0 unspecified atom stereocenters. The van der Waals surface area contributed by atoms with Crippen LogP contribution in [0.25, 0.3) is 88.3 Å². The van der Waals surface area contributed by atoms with E-state index in [0.29, 0.717) is 0 Å². The number of fused-ring (bicyclic) bond motifs is 2. The Labute approximate surface area is 369 Å². The molecule has 0 atom stereocenters. The van der Waals surface area contributed by atoms with E-state index in [9.17, 15) is 0 Å². The average Bonchev–Trinajstić information content (AvgIpc) is 3.37. The highest BCUT2D eigenvalue weighted by molar-refractivity contribution is 6.00. The van der Waals surface area contributed by atoms with Crippen LogP contribution in [0.3, 0.4) is 0 Å². The lowest BCUT2D eigenvalue weighted by Gasteiger charge is -2.29. The normalized spacial score (nSPS) is 11.2. The largest absolute Gasteiger partial charge is 0.310 e. The van der Waals surface area contributed by atoms with E-state index < -0.39 is 0 Å². The van der Waals surface area contributed by atoms with E-state index in [1.54, 1.807) is 0 Å². The minimum Gasteiger partial charge on any atom is -0.310 e. The van der Waals surface area contributed by atoms with Crippen molar-refractivity contribution >= 4 is 38.6 Å². The van der Waals surface area contributed by atoms with Crippen molar-refractivity contribution < 1.29 is 0 Å². The summed E-state index contributed by atoms with van der Waals surface area (Å²) in [5, 5.41) is 4.96. The maximum Gasteiger partial charge on any atom is 0.0540 e. The molecule has 11 aromatic carbocycles. The first-order valence-electron chi connectivity index (χ1n) is 21.7. The van der Waals surface area contributed by atoms with Crippen LogP contribution in [-0.4, -0.2) is 0 Å². The molecule has 0 aliphatic heterocycles. The van der Waals surface area contributed by atoms with E-state index in [2.05, 4.69) is 266 Å². The van der Waals surface area contributed by atoms with Crippen LogP contribution in [0.1, 0.15) is 0 Å². The minimum atomic E-state index is 1.08. The molecule has 11 aromatic rings. The zero-order valence-corrected chi connectivity index (χ0v) is 34.8. The van der Waals surface area contributed by atoms with Crippen LogP contribution < -0.4 is 4.90 Å². The van der Waals surface area contributed by atoms with Gasteiger partial charge in [0.05, 0.1) is 5.69 Å². The maximum absolute atomic E-state index is 2.44. The molecule has 0 saturated carbocycles. The summed E-state index contributed by atoms with van der Waals surface area (Å²) in [5.41, 5.74) is 17.4. The molecule has 1 heteroatoms. The average molecular weight is 802 g/mol. The molecule has 0 N–H and O–H groups in total. The maximum atomic E-state index is 2.44. The summed E-state index contributed by atoms with van der Waals surface area (Å²) in [6, 6.07) is 94.8. The number of para-hydroxylation sites is 1. The van der Waals surface area contributed by atoms with Crippen molar-refractivity contribution in [1.29, 1.82) is 0 Å². The number of anilines is 3. The van der Waals surface area contributed by atoms with Gasteiger partial charge in [-0.1, -0.05) is 218 Å². The SMILES string of the molecule is c1ccc(-c2ccc(-c3ccccc3-c3ccccc3)c(-c3ccccc3N(c3ccc(-c4cccc5ccccc45)cc3)c3cccc(-c4ccc5ccccc5c4)c3)c2)cc1. The Kier molecular flexibility index (Phi) is 9.97. The van der Waals surface area contributed by atoms with Gasteiger partial charge < -0.3 is 4.90 Å². The molecule has 0 fully saturated rings. The fourth-order valence-corrected chi connectivity index (χ4v) is 9.18. The van der Waals surface area contributed by atoms with Gasteiger partial charge in [0.25, 0.3) is 0 Å². The van der Waals surface area contributed by atoms with E-state index in [1.165, 1.54) is 77.2 Å². The molecular formula is C62H43N. The van der Waals surface area contributed by atoms with E-state index in [-0.39, 0.29) is 0 Å². The lowest BCUT2D eigenvalue weighted by atomic mass is 9.86. The van der Waals surface area contributed by atoms with Crippen molar-refractivity contribution in [1.82, 2.24) is 0 Å². The molecule has 0 spiro atoms. The molecule has 0 bridgehead atoms. The van der Waals surface area contributed by atoms with Gasteiger partial charge in [-0.25, -0.2) is 0 Å². The van der Waals surface area contributed by atoms with Gasteiger partial charge in [-0.3, -0.25) is 0 Å². The van der Waals surface area contributed by atoms with Crippen LogP contribution in [-0.2, 0) is 0 Å². The molecule has 0 heterocycles. The first kappa shape index (κ1) is 37.7. The van der Waals surface area contributed by atoms with Crippen molar-refractivity contribution in [3.05, 3.63) is 261 Å². The van der Waals surface area contributed by atoms with Gasteiger partial charge in [0.1, 0.15) is 0 Å². The van der Waals surface area contributed by atoms with Gasteiger partial charge in [-0.05, 0) is 125 Å². The number of nitrogens with zero attached hydrogens (tertiary/aromatic N) is 1. The molecule has 0 amide bonds. The van der Waals surface area contributed by atoms with Crippen LogP contribution in [0.2, 0.25) is 0 Å². The number of hydrogen-bond donors (Lipinski definition) is 0. The second kappa shape index (κ2) is 16.7. The summed E-state index contributed by atoms with van der Waals surface area (Å²) >= 11 is 0. The number of benzene rings is 11. The third kappa shape index (κ3) is 7.37. The van der Waals surface area contributed by atoms with Crippen molar-refractivity contribution in [2.24, 2.45) is 0 Å². The van der Waals surface area contributed by atoms with Gasteiger partial charge in [-0.2, -0.15) is 0 Å². The molecule has 1 nitrogen and oxygen atoms in total. The Morgan fingerprint density at radius 1 is 0.206 bits per heavy atom. The fraction of sp³-hybridized carbons (Fsp3) is 0. The summed E-state index contributed by atoms with van der Waals surface area (Å²) in [7, 11) is 0. The monoisotopic (exact) mass is 801 g/mol. The zero-order chi connectivity index (χ0) is 42.0. The van der Waals surface area contributed by atoms with Gasteiger partial charge >= 0.3 is 0 Å². The third-order valence-electron chi connectivity index (χ3n) is 12.3. The van der Waals surface area contributed by atoms with Crippen LogP contribution >= 0.6 is 0 Å².